The molecule has 0 radical (unpaired) electrons. The monoisotopic (exact) mass is 339 g/mol. The van der Waals surface area contributed by atoms with Crippen molar-refractivity contribution in [2.45, 2.75) is 26.2 Å². The van der Waals surface area contributed by atoms with Gasteiger partial charge in [-0.25, -0.2) is 0 Å². The molecule has 0 aliphatic carbocycles. The smallest absolute Gasteiger partial charge is 0.248 e. The highest BCUT2D eigenvalue weighted by Crippen LogP contribution is 2.29. The predicted molar refractivity (Wildman–Crippen MR) is 102 cm³/mol. The molecule has 0 aliphatic heterocycles. The Morgan fingerprint density at radius 2 is 1.68 bits per heavy atom. The van der Waals surface area contributed by atoms with E-state index in [4.69, 9.17) is 9.47 Å². The van der Waals surface area contributed by atoms with E-state index in [1.807, 2.05) is 12.1 Å². The molecule has 1 amide bonds. The molecule has 4 heteroatoms. The van der Waals surface area contributed by atoms with E-state index in [9.17, 15) is 4.79 Å². The molecular formula is C21H25NO3. The second kappa shape index (κ2) is 7.88. The van der Waals surface area contributed by atoms with Crippen LogP contribution in [0, 0.1) is 0 Å². The Hall–Kier alpha value is -2.75. The summed E-state index contributed by atoms with van der Waals surface area (Å²) in [7, 11) is 3.14. The Kier molecular flexibility index (Phi) is 5.86. The van der Waals surface area contributed by atoms with Crippen LogP contribution in [0.25, 0.3) is 6.08 Å². The van der Waals surface area contributed by atoms with Gasteiger partial charge in [0.15, 0.2) is 0 Å². The van der Waals surface area contributed by atoms with Gasteiger partial charge in [-0.15, -0.1) is 0 Å². The van der Waals surface area contributed by atoms with E-state index in [1.54, 1.807) is 38.5 Å². The van der Waals surface area contributed by atoms with Crippen molar-refractivity contribution in [3.63, 3.8) is 0 Å². The first-order chi connectivity index (χ1) is 11.8. The minimum atomic E-state index is -0.219. The maximum absolute atomic E-state index is 12.1. The molecule has 0 unspecified atom stereocenters. The molecule has 1 N–H and O–H groups in total. The third kappa shape index (κ3) is 5.11. The first-order valence-electron chi connectivity index (χ1n) is 8.15. The van der Waals surface area contributed by atoms with Crippen molar-refractivity contribution in [3.05, 3.63) is 59.7 Å². The van der Waals surface area contributed by atoms with Gasteiger partial charge in [0.05, 0.1) is 19.9 Å². The number of methoxy groups -OCH3 is 2. The Morgan fingerprint density at radius 3 is 2.24 bits per heavy atom. The molecule has 2 aromatic carbocycles. The van der Waals surface area contributed by atoms with E-state index >= 15 is 0 Å². The molecule has 0 fully saturated rings. The minimum Gasteiger partial charge on any atom is -0.497 e. The minimum absolute atomic E-state index is 0.116. The average molecular weight is 339 g/mol. The van der Waals surface area contributed by atoms with Gasteiger partial charge in [0.25, 0.3) is 0 Å². The van der Waals surface area contributed by atoms with Crippen molar-refractivity contribution in [1.29, 1.82) is 0 Å². The van der Waals surface area contributed by atoms with Gasteiger partial charge in [-0.3, -0.25) is 4.79 Å². The molecule has 132 valence electrons. The lowest BCUT2D eigenvalue weighted by Crippen LogP contribution is -2.10. The number of ether oxygens (including phenoxy) is 2. The number of hydrogen-bond donors (Lipinski definition) is 1. The number of nitrogens with one attached hydrogen (secondary N) is 1. The molecule has 2 rings (SSSR count). The quantitative estimate of drug-likeness (QED) is 0.806. The van der Waals surface area contributed by atoms with Gasteiger partial charge in [0, 0.05) is 12.1 Å². The molecule has 0 atom stereocenters. The summed E-state index contributed by atoms with van der Waals surface area (Å²) in [6, 6.07) is 13.4. The topological polar surface area (TPSA) is 47.6 Å². The summed E-state index contributed by atoms with van der Waals surface area (Å²) in [6.07, 6.45) is 3.30. The van der Waals surface area contributed by atoms with Crippen LogP contribution in [0.3, 0.4) is 0 Å². The second-order valence-electron chi connectivity index (χ2n) is 6.76. The van der Waals surface area contributed by atoms with Crippen LogP contribution in [0.2, 0.25) is 0 Å². The molecule has 0 bridgehead atoms. The number of rotatable bonds is 5. The first-order valence-corrected chi connectivity index (χ1v) is 8.15. The molecule has 0 aliphatic rings. The molecule has 0 aromatic heterocycles. The fourth-order valence-electron chi connectivity index (χ4n) is 2.34. The zero-order chi connectivity index (χ0) is 18.4. The molecule has 2 aromatic rings. The van der Waals surface area contributed by atoms with Crippen LogP contribution >= 0.6 is 0 Å². The van der Waals surface area contributed by atoms with Crippen LogP contribution in [0.4, 0.5) is 5.69 Å². The van der Waals surface area contributed by atoms with Crippen molar-refractivity contribution in [3.8, 4) is 11.5 Å². The van der Waals surface area contributed by atoms with E-state index in [0.717, 1.165) is 5.56 Å². The number of carbonyl (C=O) groups excluding carboxylic acids is 1. The van der Waals surface area contributed by atoms with Gasteiger partial charge in [0.1, 0.15) is 11.5 Å². The number of carbonyl (C=O) groups is 1. The fraction of sp³-hybridized carbons (Fsp3) is 0.286. The summed E-state index contributed by atoms with van der Waals surface area (Å²) in [5, 5.41) is 2.81. The van der Waals surface area contributed by atoms with E-state index < -0.39 is 0 Å². The summed E-state index contributed by atoms with van der Waals surface area (Å²) >= 11 is 0. The predicted octanol–water partition coefficient (Wildman–Crippen LogP) is 4.65. The first kappa shape index (κ1) is 18.6. The van der Waals surface area contributed by atoms with Crippen molar-refractivity contribution in [2.24, 2.45) is 0 Å². The van der Waals surface area contributed by atoms with E-state index in [0.29, 0.717) is 17.2 Å². The molecule has 25 heavy (non-hydrogen) atoms. The van der Waals surface area contributed by atoms with Gasteiger partial charge in [-0.2, -0.15) is 0 Å². The van der Waals surface area contributed by atoms with Crippen molar-refractivity contribution >= 4 is 17.7 Å². The number of benzene rings is 2. The Bertz CT molecular complexity index is 756. The van der Waals surface area contributed by atoms with Crippen molar-refractivity contribution in [1.82, 2.24) is 0 Å². The third-order valence-corrected chi connectivity index (χ3v) is 3.87. The fourth-order valence-corrected chi connectivity index (χ4v) is 2.34. The number of hydrogen-bond acceptors (Lipinski definition) is 3. The second-order valence-corrected chi connectivity index (χ2v) is 6.76. The molecular weight excluding hydrogens is 314 g/mol. The summed E-state index contributed by atoms with van der Waals surface area (Å²) in [5.41, 5.74) is 2.95. The van der Waals surface area contributed by atoms with Crippen molar-refractivity contribution in [2.75, 3.05) is 19.5 Å². The van der Waals surface area contributed by atoms with Crippen LogP contribution in [0.1, 0.15) is 31.9 Å². The van der Waals surface area contributed by atoms with E-state index in [2.05, 4.69) is 38.2 Å². The van der Waals surface area contributed by atoms with Gasteiger partial charge in [-0.1, -0.05) is 45.0 Å². The third-order valence-electron chi connectivity index (χ3n) is 3.87. The molecule has 4 nitrogen and oxygen atoms in total. The molecule has 0 saturated carbocycles. The van der Waals surface area contributed by atoms with Crippen LogP contribution in [0.5, 0.6) is 11.5 Å². The summed E-state index contributed by atoms with van der Waals surface area (Å²) < 4.78 is 10.4. The number of amides is 1. The van der Waals surface area contributed by atoms with E-state index in [1.165, 1.54) is 11.6 Å². The van der Waals surface area contributed by atoms with Crippen LogP contribution in [-0.4, -0.2) is 20.1 Å². The molecule has 0 spiro atoms. The maximum atomic E-state index is 12.1. The Morgan fingerprint density at radius 1 is 1.00 bits per heavy atom. The van der Waals surface area contributed by atoms with E-state index in [-0.39, 0.29) is 11.3 Å². The average Bonchev–Trinajstić information content (AvgIpc) is 2.60. The number of anilines is 1. The maximum Gasteiger partial charge on any atom is 0.248 e. The van der Waals surface area contributed by atoms with Crippen LogP contribution in [0.15, 0.2) is 48.5 Å². The van der Waals surface area contributed by atoms with Gasteiger partial charge in [0.2, 0.25) is 5.91 Å². The zero-order valence-corrected chi connectivity index (χ0v) is 15.4. The van der Waals surface area contributed by atoms with Crippen LogP contribution in [-0.2, 0) is 10.2 Å². The Balaban J connectivity index is 2.06. The lowest BCUT2D eigenvalue weighted by molar-refractivity contribution is -0.111. The van der Waals surface area contributed by atoms with Gasteiger partial charge >= 0.3 is 0 Å². The molecule has 0 saturated heterocycles. The zero-order valence-electron chi connectivity index (χ0n) is 15.4. The molecule has 0 heterocycles. The lowest BCUT2D eigenvalue weighted by Gasteiger charge is -2.18. The lowest BCUT2D eigenvalue weighted by atomic mass is 9.87. The van der Waals surface area contributed by atoms with Gasteiger partial charge < -0.3 is 14.8 Å². The normalized spacial score (nSPS) is 11.4. The summed E-state index contributed by atoms with van der Waals surface area (Å²) in [5.74, 6) is 1.00. The highest BCUT2D eigenvalue weighted by Gasteiger charge is 2.12. The highest BCUT2D eigenvalue weighted by atomic mass is 16.5. The van der Waals surface area contributed by atoms with Crippen molar-refractivity contribution < 1.29 is 14.3 Å². The van der Waals surface area contributed by atoms with Crippen LogP contribution < -0.4 is 14.8 Å². The highest BCUT2D eigenvalue weighted by molar-refractivity contribution is 6.02. The summed E-state index contributed by atoms with van der Waals surface area (Å²) in [4.78, 5) is 12.1. The Labute approximate surface area is 149 Å². The summed E-state index contributed by atoms with van der Waals surface area (Å²) in [6.45, 7) is 6.52. The largest absolute Gasteiger partial charge is 0.497 e. The SMILES string of the molecule is COc1ccc(NC(=O)C=Cc2ccc(C(C)(C)C)cc2)c(OC)c1. The van der Waals surface area contributed by atoms with Gasteiger partial charge in [-0.05, 0) is 34.8 Å². The standard InChI is InChI=1S/C21H25NO3/c1-21(2,3)16-9-6-15(7-10-16)8-13-20(23)22-18-12-11-17(24-4)14-19(18)25-5/h6-14H,1-5H3,(H,22,23).